The number of esters is 1. The van der Waals surface area contributed by atoms with Crippen LogP contribution in [-0.4, -0.2) is 105 Å². The van der Waals surface area contributed by atoms with E-state index in [1.54, 1.807) is 13.0 Å². The fourth-order valence-corrected chi connectivity index (χ4v) is 9.61. The van der Waals surface area contributed by atoms with Gasteiger partial charge in [0.15, 0.2) is 11.4 Å². The van der Waals surface area contributed by atoms with Crippen LogP contribution in [0.25, 0.3) is 10.8 Å². The minimum Gasteiger partial charge on any atom is -0.507 e. The van der Waals surface area contributed by atoms with Crippen LogP contribution in [-0.2, 0) is 23.8 Å². The van der Waals surface area contributed by atoms with E-state index in [0.717, 1.165) is 0 Å². The molecule has 1 spiro atoms. The number of ketones is 1. The number of carbonyl (C=O) groups excluding carboxylic acids is 3. The average Bonchev–Trinajstić information content (AvgIpc) is 3.69. The number of likely N-dealkylation sites (tertiary alicyclic amines) is 1. The minimum absolute atomic E-state index is 0.00213. The van der Waals surface area contributed by atoms with Crippen LogP contribution < -0.4 is 20.8 Å². The van der Waals surface area contributed by atoms with Gasteiger partial charge in [0, 0.05) is 87.2 Å². The number of fused-ring (bicyclic) bond motifs is 2. The maximum absolute atomic E-state index is 14.7. The third kappa shape index (κ3) is 7.99. The monoisotopic (exact) mass is 844 g/mol. The van der Waals surface area contributed by atoms with E-state index >= 15 is 0 Å². The molecule has 5 N–H and O–H groups in total. The van der Waals surface area contributed by atoms with E-state index in [1.807, 2.05) is 20.8 Å². The smallest absolute Gasteiger partial charge is 0.312 e. The van der Waals surface area contributed by atoms with Crippen molar-refractivity contribution >= 4 is 34.1 Å². The lowest BCUT2D eigenvalue weighted by molar-refractivity contribution is -0.170. The van der Waals surface area contributed by atoms with Crippen LogP contribution in [0.3, 0.4) is 0 Å². The van der Waals surface area contributed by atoms with E-state index in [9.17, 15) is 34.8 Å². The molecule has 0 radical (unpaired) electrons. The first-order valence-electron chi connectivity index (χ1n) is 21.0. The number of methoxy groups -OCH3 is 1. The molecule has 4 aliphatic heterocycles. The van der Waals surface area contributed by atoms with Gasteiger partial charge in [0.1, 0.15) is 28.6 Å². The second-order valence-corrected chi connectivity index (χ2v) is 18.0. The number of nitrogens with zero attached hydrogens (tertiary/aromatic N) is 3. The van der Waals surface area contributed by atoms with Crippen molar-refractivity contribution in [3.05, 3.63) is 45.8 Å². The van der Waals surface area contributed by atoms with E-state index < -0.39 is 88.8 Å². The van der Waals surface area contributed by atoms with Crippen molar-refractivity contribution in [2.75, 3.05) is 25.5 Å². The third-order valence-electron chi connectivity index (χ3n) is 12.9. The van der Waals surface area contributed by atoms with Crippen molar-refractivity contribution in [3.8, 4) is 29.6 Å². The lowest BCUT2D eigenvalue weighted by atomic mass is 9.70. The first kappa shape index (κ1) is 45.5. The number of allylic oxidation sites excluding steroid dienone is 1. The molecule has 330 valence electrons. The van der Waals surface area contributed by atoms with Crippen molar-refractivity contribution in [2.24, 2.45) is 39.6 Å². The molecule has 15 nitrogen and oxygen atoms in total. The molecule has 2 unspecified atom stereocenters. The number of hydrogen-bond donors (Lipinski definition) is 5. The molecule has 6 rings (SSSR count). The number of nitrogens with one attached hydrogen (secondary N) is 1. The Balaban J connectivity index is 1.73. The van der Waals surface area contributed by atoms with Gasteiger partial charge in [0.25, 0.3) is 11.7 Å². The highest BCUT2D eigenvalue weighted by atomic mass is 16.7. The summed E-state index contributed by atoms with van der Waals surface area (Å²) in [5, 5.41) is 51.0. The highest BCUT2D eigenvalue weighted by Gasteiger charge is 2.54. The van der Waals surface area contributed by atoms with Crippen molar-refractivity contribution in [2.45, 2.75) is 124 Å². The van der Waals surface area contributed by atoms with Gasteiger partial charge in [0.05, 0.1) is 40.9 Å². The van der Waals surface area contributed by atoms with Gasteiger partial charge in [-0.1, -0.05) is 47.5 Å². The Morgan fingerprint density at radius 1 is 1.11 bits per heavy atom. The molecule has 2 aromatic rings. The molecule has 1 saturated heterocycles. The molecular formula is C46H60N4O11. The predicted octanol–water partition coefficient (Wildman–Crippen LogP) is 4.20. The Kier molecular flexibility index (Phi) is 12.7. The number of rotatable bonds is 10. The summed E-state index contributed by atoms with van der Waals surface area (Å²) < 4.78 is 24.6. The molecule has 1 amide bonds. The number of carbonyl (C=O) groups is 3. The SMILES string of the molecule is C#C/C=C(\C)C(=O)Nc1c(O)c2c(O)c(C)c3c4c2c2c1=NC1(CCN(CC(C)C)C(C1)[C@H]([C@H](O)[C@H](C)[C@@H](O)C(C)C)[C@H](OC(C)=O)[C@H](C)[C@@H](OC)/C=C/O[C@@](C)(O3)C4=O)N=2. The van der Waals surface area contributed by atoms with E-state index in [0.29, 0.717) is 19.5 Å². The number of aliphatic hydroxyl groups excluding tert-OH is 2. The number of benzene rings is 2. The van der Waals surface area contributed by atoms with Gasteiger partial charge in [-0.25, -0.2) is 0 Å². The summed E-state index contributed by atoms with van der Waals surface area (Å²) in [6.45, 7) is 18.3. The summed E-state index contributed by atoms with van der Waals surface area (Å²) in [7, 11) is 1.49. The Morgan fingerprint density at radius 3 is 2.39 bits per heavy atom. The van der Waals surface area contributed by atoms with Gasteiger partial charge in [-0.15, -0.1) is 6.42 Å². The first-order valence-corrected chi connectivity index (χ1v) is 21.0. The lowest BCUT2D eigenvalue weighted by Gasteiger charge is -2.51. The zero-order valence-electron chi connectivity index (χ0n) is 36.9. The van der Waals surface area contributed by atoms with Crippen LogP contribution in [0.2, 0.25) is 0 Å². The quantitative estimate of drug-likeness (QED) is 0.0988. The molecule has 10 atom stereocenters. The van der Waals surface area contributed by atoms with Crippen molar-refractivity contribution < 1.29 is 53.8 Å². The summed E-state index contributed by atoms with van der Waals surface area (Å²) >= 11 is 0. The number of Topliss-reactive ketones (excluding diaryl/α,β-unsaturated/α-hetero) is 1. The number of ether oxygens (including phenoxy) is 4. The fourth-order valence-electron chi connectivity index (χ4n) is 9.61. The van der Waals surface area contributed by atoms with E-state index in [-0.39, 0.29) is 67.9 Å². The number of anilines is 1. The molecule has 0 saturated carbocycles. The molecule has 0 aliphatic carbocycles. The number of aromatic hydroxyl groups is 2. The molecule has 2 aromatic carbocycles. The zero-order chi connectivity index (χ0) is 45.0. The van der Waals surface area contributed by atoms with E-state index in [4.69, 9.17) is 35.4 Å². The summed E-state index contributed by atoms with van der Waals surface area (Å²) in [5.41, 5.74) is -1.20. The number of phenols is 2. The number of phenolic OH excluding ortho intramolecular Hbond substituents is 2. The van der Waals surface area contributed by atoms with Crippen molar-refractivity contribution in [1.82, 2.24) is 4.90 Å². The Bertz CT molecular complexity index is 2350. The highest BCUT2D eigenvalue weighted by molar-refractivity contribution is 6.19. The molecule has 15 heteroatoms. The van der Waals surface area contributed by atoms with Crippen LogP contribution >= 0.6 is 0 Å². The number of piperidine rings is 1. The van der Waals surface area contributed by atoms with Gasteiger partial charge in [0.2, 0.25) is 0 Å². The number of amides is 1. The van der Waals surface area contributed by atoms with Crippen LogP contribution in [0.4, 0.5) is 5.69 Å². The summed E-state index contributed by atoms with van der Waals surface area (Å²) in [6, 6.07) is -0.611. The second-order valence-electron chi connectivity index (χ2n) is 18.0. The first-order chi connectivity index (χ1) is 28.6. The summed E-state index contributed by atoms with van der Waals surface area (Å²) in [5.74, 6) is -4.70. The van der Waals surface area contributed by atoms with Crippen molar-refractivity contribution in [3.63, 3.8) is 0 Å². The molecule has 5 bridgehead atoms. The second kappa shape index (κ2) is 17.0. The number of hydrogen-bond acceptors (Lipinski definition) is 14. The number of aliphatic hydroxyl groups is 2. The van der Waals surface area contributed by atoms with Gasteiger partial charge in [-0.2, -0.15) is 0 Å². The largest absolute Gasteiger partial charge is 0.507 e. The predicted molar refractivity (Wildman–Crippen MR) is 226 cm³/mol. The topological polar surface area (TPSA) is 209 Å². The third-order valence-corrected chi connectivity index (χ3v) is 12.9. The van der Waals surface area contributed by atoms with Crippen LogP contribution in [0, 0.1) is 48.9 Å². The van der Waals surface area contributed by atoms with Gasteiger partial charge < -0.3 is 44.7 Å². The highest BCUT2D eigenvalue weighted by Crippen LogP contribution is 2.50. The average molecular weight is 845 g/mol. The minimum atomic E-state index is -1.97. The Hall–Kier alpha value is -5.01. The number of terminal acetylenes is 1. The summed E-state index contributed by atoms with van der Waals surface area (Å²) in [4.78, 5) is 54.2. The fraction of sp³-hybridized carbons (Fsp3) is 0.587. The standard InChI is InChI=1S/C46H60N4O11/c1-13-14-23(6)44(57)47-36-35-34-31-32(40(36)55)39(54)26(9)42-33(31)43(56)45(11,61-42)59-18-15-29(58-12)24(7)41(60-27(10)51)30(38(53)25(8)37(52)22(4)5)28-19-46(48-34,49-35)16-17-50(28)20-21(2)3/h1,14-15,18,21-22,24-25,28-30,37-38,41,52-55H,16-17,19-20H2,2-12H3,(H,47,57)/b18-15+,23-14+/t24-,25-,28?,29+,30-,37+,38-,41-,45+,46?/m1/s1. The maximum atomic E-state index is 14.7. The Labute approximate surface area is 356 Å². The van der Waals surface area contributed by atoms with Crippen LogP contribution in [0.15, 0.2) is 34.0 Å². The van der Waals surface area contributed by atoms with Gasteiger partial charge in [-0.3, -0.25) is 29.3 Å². The van der Waals surface area contributed by atoms with Crippen LogP contribution in [0.1, 0.15) is 91.1 Å². The van der Waals surface area contributed by atoms with Crippen molar-refractivity contribution in [1.29, 1.82) is 0 Å². The normalized spacial score (nSPS) is 29.4. The van der Waals surface area contributed by atoms with E-state index in [2.05, 4.69) is 30.0 Å². The summed E-state index contributed by atoms with van der Waals surface area (Å²) in [6.07, 6.45) is 6.08. The molecule has 0 aromatic heterocycles. The molecule has 61 heavy (non-hydrogen) atoms. The Morgan fingerprint density at radius 2 is 1.79 bits per heavy atom. The van der Waals surface area contributed by atoms with Gasteiger partial charge >= 0.3 is 11.8 Å². The maximum Gasteiger partial charge on any atom is 0.312 e. The molecule has 1 fully saturated rings. The van der Waals surface area contributed by atoms with Gasteiger partial charge in [-0.05, 0) is 37.8 Å². The molecule has 4 aliphatic rings. The zero-order valence-corrected chi connectivity index (χ0v) is 36.9. The molecule has 4 heterocycles. The molecular weight excluding hydrogens is 785 g/mol. The lowest BCUT2D eigenvalue weighted by Crippen LogP contribution is -2.61. The van der Waals surface area contributed by atoms with Crippen LogP contribution in [0.5, 0.6) is 17.2 Å². The van der Waals surface area contributed by atoms with E-state index in [1.165, 1.54) is 47.1 Å².